The number of nitrogens with one attached hydrogen (secondary N) is 1. The van der Waals surface area contributed by atoms with Crippen LogP contribution in [0.25, 0.3) is 0 Å². The van der Waals surface area contributed by atoms with Gasteiger partial charge in [0.05, 0.1) is 12.6 Å². The molecule has 1 unspecified atom stereocenters. The minimum atomic E-state index is -0.300. The Hall–Kier alpha value is -0.970. The lowest BCUT2D eigenvalue weighted by atomic mass is 10.0. The number of hydrogen-bond donors (Lipinski definition) is 2. The molecule has 0 spiro atoms. The molecule has 1 aromatic rings. The van der Waals surface area contributed by atoms with Crippen molar-refractivity contribution >= 4 is 0 Å². The molecule has 3 N–H and O–H groups in total. The number of nitrogens with two attached hydrogens (primary N) is 1. The first-order chi connectivity index (χ1) is 7.70. The zero-order valence-electron chi connectivity index (χ0n) is 9.79. The largest absolute Gasteiger partial charge is 0.379 e. The summed E-state index contributed by atoms with van der Waals surface area (Å²) in [5.74, 6) is 5.19. The number of aryl methyl sites for hydroxylation is 1. The minimum absolute atomic E-state index is 0.217. The van der Waals surface area contributed by atoms with Crippen molar-refractivity contribution in [2.45, 2.75) is 26.3 Å². The number of halogens is 1. The highest BCUT2D eigenvalue weighted by Gasteiger charge is 2.15. The van der Waals surface area contributed by atoms with Gasteiger partial charge >= 0.3 is 0 Å². The maximum absolute atomic E-state index is 13.8. The summed E-state index contributed by atoms with van der Waals surface area (Å²) in [4.78, 5) is 0. The first-order valence-electron chi connectivity index (χ1n) is 5.49. The molecule has 0 aromatic heterocycles. The molecule has 0 heterocycles. The maximum Gasteiger partial charge on any atom is 0.131 e. The van der Waals surface area contributed by atoms with E-state index in [9.17, 15) is 4.39 Å². The van der Waals surface area contributed by atoms with Crippen molar-refractivity contribution in [2.24, 2.45) is 5.84 Å². The van der Waals surface area contributed by atoms with Gasteiger partial charge in [0.25, 0.3) is 0 Å². The molecule has 1 aromatic carbocycles. The molecule has 0 aliphatic carbocycles. The van der Waals surface area contributed by atoms with E-state index in [1.54, 1.807) is 19.1 Å². The lowest BCUT2D eigenvalue weighted by molar-refractivity contribution is 0.111. The highest BCUT2D eigenvalue weighted by molar-refractivity contribution is 5.27. The maximum atomic E-state index is 13.8. The molecule has 0 saturated heterocycles. The molecule has 0 saturated carbocycles. The summed E-state index contributed by atoms with van der Waals surface area (Å²) in [6, 6.07) is 4.98. The first-order valence-corrected chi connectivity index (χ1v) is 5.49. The normalized spacial score (nSPS) is 12.8. The molecule has 4 heteroatoms. The van der Waals surface area contributed by atoms with Gasteiger partial charge < -0.3 is 4.74 Å². The van der Waals surface area contributed by atoms with Crippen LogP contribution in [0.4, 0.5) is 4.39 Å². The topological polar surface area (TPSA) is 47.3 Å². The number of benzene rings is 1. The van der Waals surface area contributed by atoms with Gasteiger partial charge in [0.1, 0.15) is 5.82 Å². The van der Waals surface area contributed by atoms with Gasteiger partial charge in [-0.15, -0.1) is 0 Å². The molecule has 3 nitrogen and oxygen atoms in total. The second kappa shape index (κ2) is 6.58. The Morgan fingerprint density at radius 3 is 2.88 bits per heavy atom. The summed E-state index contributed by atoms with van der Waals surface area (Å²) in [5.41, 5.74) is 3.75. The summed E-state index contributed by atoms with van der Waals surface area (Å²) in [5, 5.41) is 0. The van der Waals surface area contributed by atoms with Gasteiger partial charge in [-0.1, -0.05) is 25.1 Å². The SMILES string of the molecule is CCCOCC(NN)c1cccc(C)c1F. The van der Waals surface area contributed by atoms with E-state index in [4.69, 9.17) is 10.6 Å². The fourth-order valence-corrected chi connectivity index (χ4v) is 1.51. The van der Waals surface area contributed by atoms with Gasteiger partial charge in [-0.2, -0.15) is 0 Å². The monoisotopic (exact) mass is 226 g/mol. The Bertz CT molecular complexity index is 331. The fourth-order valence-electron chi connectivity index (χ4n) is 1.51. The number of hydrazine groups is 1. The Kier molecular flexibility index (Phi) is 5.38. The van der Waals surface area contributed by atoms with Crippen molar-refractivity contribution < 1.29 is 9.13 Å². The van der Waals surface area contributed by atoms with Crippen molar-refractivity contribution in [1.82, 2.24) is 5.43 Å². The Morgan fingerprint density at radius 1 is 1.50 bits per heavy atom. The summed E-state index contributed by atoms with van der Waals surface area (Å²) >= 11 is 0. The van der Waals surface area contributed by atoms with Gasteiger partial charge in [0, 0.05) is 12.2 Å². The highest BCUT2D eigenvalue weighted by Crippen LogP contribution is 2.19. The molecule has 0 amide bonds. The van der Waals surface area contributed by atoms with Gasteiger partial charge in [-0.3, -0.25) is 11.3 Å². The average molecular weight is 226 g/mol. The number of hydrogen-bond acceptors (Lipinski definition) is 3. The standard InChI is InChI=1S/C12H19FN2O/c1-3-7-16-8-11(15-14)10-6-4-5-9(2)12(10)13/h4-6,11,15H,3,7-8,14H2,1-2H3. The van der Waals surface area contributed by atoms with E-state index in [1.165, 1.54) is 0 Å². The molecular formula is C12H19FN2O. The van der Waals surface area contributed by atoms with E-state index in [0.717, 1.165) is 6.42 Å². The van der Waals surface area contributed by atoms with Crippen molar-refractivity contribution in [3.8, 4) is 0 Å². The van der Waals surface area contributed by atoms with E-state index in [2.05, 4.69) is 5.43 Å². The molecule has 0 fully saturated rings. The quantitative estimate of drug-likeness (QED) is 0.443. The summed E-state index contributed by atoms with van der Waals surface area (Å²) in [6.07, 6.45) is 0.938. The predicted octanol–water partition coefficient (Wildman–Crippen LogP) is 2.07. The van der Waals surface area contributed by atoms with E-state index in [0.29, 0.717) is 24.3 Å². The van der Waals surface area contributed by atoms with E-state index >= 15 is 0 Å². The van der Waals surface area contributed by atoms with Crippen LogP contribution in [0, 0.1) is 12.7 Å². The molecule has 0 bridgehead atoms. The third-order valence-corrected chi connectivity index (χ3v) is 2.43. The summed E-state index contributed by atoms with van der Waals surface area (Å²) < 4.78 is 19.2. The van der Waals surface area contributed by atoms with Gasteiger partial charge in [0.15, 0.2) is 0 Å². The summed E-state index contributed by atoms with van der Waals surface area (Å²) in [6.45, 7) is 4.80. The Labute approximate surface area is 95.8 Å². The molecule has 0 aliphatic rings. The number of rotatable bonds is 6. The van der Waals surface area contributed by atoms with E-state index in [1.807, 2.05) is 13.0 Å². The molecule has 1 rings (SSSR count). The second-order valence-corrected chi connectivity index (χ2v) is 3.77. The lowest BCUT2D eigenvalue weighted by Gasteiger charge is -2.17. The van der Waals surface area contributed by atoms with E-state index < -0.39 is 0 Å². The summed E-state index contributed by atoms with van der Waals surface area (Å²) in [7, 11) is 0. The van der Waals surface area contributed by atoms with Crippen LogP contribution >= 0.6 is 0 Å². The fraction of sp³-hybridized carbons (Fsp3) is 0.500. The smallest absolute Gasteiger partial charge is 0.131 e. The van der Waals surface area contributed by atoms with E-state index in [-0.39, 0.29) is 11.9 Å². The number of ether oxygens (including phenoxy) is 1. The van der Waals surface area contributed by atoms with Crippen molar-refractivity contribution in [2.75, 3.05) is 13.2 Å². The van der Waals surface area contributed by atoms with Gasteiger partial charge in [0.2, 0.25) is 0 Å². The van der Waals surface area contributed by atoms with Crippen molar-refractivity contribution in [3.05, 3.63) is 35.1 Å². The molecule has 0 radical (unpaired) electrons. The second-order valence-electron chi connectivity index (χ2n) is 3.77. The average Bonchev–Trinajstić information content (AvgIpc) is 2.29. The lowest BCUT2D eigenvalue weighted by Crippen LogP contribution is -2.32. The highest BCUT2D eigenvalue weighted by atomic mass is 19.1. The third kappa shape index (κ3) is 3.27. The zero-order chi connectivity index (χ0) is 12.0. The van der Waals surface area contributed by atoms with Crippen molar-refractivity contribution in [3.63, 3.8) is 0 Å². The molecule has 90 valence electrons. The van der Waals surface area contributed by atoms with Crippen LogP contribution < -0.4 is 11.3 Å². The van der Waals surface area contributed by atoms with Crippen molar-refractivity contribution in [1.29, 1.82) is 0 Å². The minimum Gasteiger partial charge on any atom is -0.379 e. The Morgan fingerprint density at radius 2 is 2.25 bits per heavy atom. The van der Waals surface area contributed by atoms with Crippen LogP contribution in [0.1, 0.15) is 30.5 Å². The van der Waals surface area contributed by atoms with Crippen LogP contribution in [0.3, 0.4) is 0 Å². The van der Waals surface area contributed by atoms with Crippen LogP contribution in [0.5, 0.6) is 0 Å². The Balaban J connectivity index is 2.74. The predicted molar refractivity (Wildman–Crippen MR) is 62.3 cm³/mol. The molecule has 0 aliphatic heterocycles. The third-order valence-electron chi connectivity index (χ3n) is 2.43. The van der Waals surface area contributed by atoms with Crippen LogP contribution in [-0.2, 0) is 4.74 Å². The first kappa shape index (κ1) is 13.1. The zero-order valence-corrected chi connectivity index (χ0v) is 9.79. The molecule has 16 heavy (non-hydrogen) atoms. The molecular weight excluding hydrogens is 207 g/mol. The van der Waals surface area contributed by atoms with Crippen LogP contribution in [-0.4, -0.2) is 13.2 Å². The van der Waals surface area contributed by atoms with Crippen LogP contribution in [0.15, 0.2) is 18.2 Å². The van der Waals surface area contributed by atoms with Gasteiger partial charge in [-0.25, -0.2) is 4.39 Å². The van der Waals surface area contributed by atoms with Gasteiger partial charge in [-0.05, 0) is 18.9 Å². The molecule has 1 atom stereocenters. The van der Waals surface area contributed by atoms with Crippen LogP contribution in [0.2, 0.25) is 0 Å².